The molecule has 1 saturated carbocycles. The van der Waals surface area contributed by atoms with Gasteiger partial charge in [0.25, 0.3) is 0 Å². The van der Waals surface area contributed by atoms with Crippen LogP contribution in [0.1, 0.15) is 44.3 Å². The molecule has 2 atom stereocenters. The molecule has 0 unspecified atom stereocenters. The fourth-order valence-corrected chi connectivity index (χ4v) is 3.95. The summed E-state index contributed by atoms with van der Waals surface area (Å²) in [5.41, 5.74) is 2.30. The van der Waals surface area contributed by atoms with Crippen LogP contribution in [0.3, 0.4) is 0 Å². The van der Waals surface area contributed by atoms with Gasteiger partial charge >= 0.3 is 0 Å². The van der Waals surface area contributed by atoms with Crippen molar-refractivity contribution >= 4 is 11.6 Å². The summed E-state index contributed by atoms with van der Waals surface area (Å²) in [5.74, 6) is 1.54. The van der Waals surface area contributed by atoms with Crippen LogP contribution in [0, 0.1) is 5.92 Å². The number of piperidine rings is 1. The number of nitrogens with one attached hydrogen (secondary N) is 1. The number of rotatable bonds is 9. The number of anilines is 1. The van der Waals surface area contributed by atoms with E-state index in [1.807, 2.05) is 30.3 Å². The molecular weight excluding hydrogens is 376 g/mol. The smallest absolute Gasteiger partial charge is 0.246 e. The van der Waals surface area contributed by atoms with Crippen LogP contribution in [0.15, 0.2) is 54.6 Å². The van der Waals surface area contributed by atoms with Crippen molar-refractivity contribution in [3.05, 3.63) is 60.2 Å². The molecule has 30 heavy (non-hydrogen) atoms. The summed E-state index contributed by atoms with van der Waals surface area (Å²) >= 11 is 0. The van der Waals surface area contributed by atoms with E-state index in [2.05, 4.69) is 41.4 Å². The Labute approximate surface area is 179 Å². The lowest BCUT2D eigenvalue weighted by molar-refractivity contribution is -0.126. The molecule has 1 aliphatic heterocycles. The van der Waals surface area contributed by atoms with Crippen LogP contribution in [0.4, 0.5) is 5.69 Å². The number of carbonyl (C=O) groups excluding carboxylic acids is 1. The predicted octanol–water partition coefficient (Wildman–Crippen LogP) is 4.34. The Kier molecular flexibility index (Phi) is 6.90. The first kappa shape index (κ1) is 20.7. The highest BCUT2D eigenvalue weighted by Crippen LogP contribution is 2.29. The zero-order chi connectivity index (χ0) is 20.8. The topological polar surface area (TPSA) is 50.8 Å². The number of benzene rings is 2. The maximum absolute atomic E-state index is 12.2. The molecular formula is C25H32N2O3. The van der Waals surface area contributed by atoms with Crippen molar-refractivity contribution in [2.24, 2.45) is 5.92 Å². The van der Waals surface area contributed by atoms with Gasteiger partial charge in [-0.3, -0.25) is 4.79 Å². The van der Waals surface area contributed by atoms with Crippen LogP contribution < -0.4 is 15.0 Å². The van der Waals surface area contributed by atoms with Crippen molar-refractivity contribution < 1.29 is 14.3 Å². The standard InChI is InChI=1S/C25H32N2O3/c1-19(21-7-3-2-4-8-21)30-24-11-5-10-23(15-24)27-14-6-9-22(16-27)26-25(28)18-29-17-20-12-13-20/h2-5,7-8,10-11,15,19-20,22H,6,9,12-14,16-18H2,1H3,(H,26,28)/t19-,22+/m1/s1. The van der Waals surface area contributed by atoms with Crippen LogP contribution in [0.2, 0.25) is 0 Å². The van der Waals surface area contributed by atoms with E-state index in [0.29, 0.717) is 5.92 Å². The summed E-state index contributed by atoms with van der Waals surface area (Å²) in [6.07, 6.45) is 4.54. The Bertz CT molecular complexity index is 822. The Balaban J connectivity index is 1.30. The van der Waals surface area contributed by atoms with E-state index in [1.165, 1.54) is 12.8 Å². The van der Waals surface area contributed by atoms with Gasteiger partial charge < -0.3 is 19.7 Å². The highest BCUT2D eigenvalue weighted by atomic mass is 16.5. The molecule has 2 aromatic rings. The molecule has 5 heteroatoms. The van der Waals surface area contributed by atoms with Gasteiger partial charge in [0.15, 0.2) is 0 Å². The summed E-state index contributed by atoms with van der Waals surface area (Å²) in [7, 11) is 0. The Hall–Kier alpha value is -2.53. The fraction of sp³-hybridized carbons (Fsp3) is 0.480. The van der Waals surface area contributed by atoms with Crippen molar-refractivity contribution in [1.29, 1.82) is 0 Å². The van der Waals surface area contributed by atoms with Gasteiger partial charge in [0.2, 0.25) is 5.91 Å². The van der Waals surface area contributed by atoms with Crippen molar-refractivity contribution in [2.45, 2.75) is 44.8 Å². The van der Waals surface area contributed by atoms with Gasteiger partial charge in [-0.15, -0.1) is 0 Å². The lowest BCUT2D eigenvalue weighted by atomic mass is 10.0. The molecule has 1 N–H and O–H groups in total. The molecule has 1 aliphatic carbocycles. The van der Waals surface area contributed by atoms with Crippen LogP contribution in [-0.4, -0.2) is 38.3 Å². The van der Waals surface area contributed by atoms with E-state index in [0.717, 1.165) is 49.5 Å². The van der Waals surface area contributed by atoms with Crippen LogP contribution in [-0.2, 0) is 9.53 Å². The number of amides is 1. The first-order valence-corrected chi connectivity index (χ1v) is 11.1. The molecule has 2 aromatic carbocycles. The summed E-state index contributed by atoms with van der Waals surface area (Å²) in [5, 5.41) is 3.14. The van der Waals surface area contributed by atoms with Crippen molar-refractivity contribution in [3.63, 3.8) is 0 Å². The summed E-state index contributed by atoms with van der Waals surface area (Å²) in [6, 6.07) is 18.7. The maximum Gasteiger partial charge on any atom is 0.246 e. The van der Waals surface area contributed by atoms with Gasteiger partial charge in [-0.2, -0.15) is 0 Å². The molecule has 0 spiro atoms. The average molecular weight is 409 g/mol. The molecule has 1 heterocycles. The first-order chi connectivity index (χ1) is 14.7. The van der Waals surface area contributed by atoms with Crippen molar-refractivity contribution in [1.82, 2.24) is 5.32 Å². The SMILES string of the molecule is C[C@@H](Oc1cccc(N2CCC[C@H](NC(=O)COCC3CC3)C2)c1)c1ccccc1. The van der Waals surface area contributed by atoms with E-state index in [9.17, 15) is 4.79 Å². The molecule has 2 fully saturated rings. The molecule has 1 amide bonds. The third-order valence-electron chi connectivity index (χ3n) is 5.83. The second-order valence-electron chi connectivity index (χ2n) is 8.48. The quantitative estimate of drug-likeness (QED) is 0.671. The molecule has 160 valence electrons. The molecule has 0 bridgehead atoms. The Morgan fingerprint density at radius 1 is 1.13 bits per heavy atom. The zero-order valence-electron chi connectivity index (χ0n) is 17.8. The lowest BCUT2D eigenvalue weighted by Crippen LogP contribution is -2.48. The highest BCUT2D eigenvalue weighted by molar-refractivity contribution is 5.77. The minimum Gasteiger partial charge on any atom is -0.486 e. The number of carbonyl (C=O) groups is 1. The molecule has 0 aromatic heterocycles. The molecule has 0 radical (unpaired) electrons. The predicted molar refractivity (Wildman–Crippen MR) is 119 cm³/mol. The number of ether oxygens (including phenoxy) is 2. The van der Waals surface area contributed by atoms with E-state index in [4.69, 9.17) is 9.47 Å². The highest BCUT2D eigenvalue weighted by Gasteiger charge is 2.24. The largest absolute Gasteiger partial charge is 0.486 e. The molecule has 1 saturated heterocycles. The van der Waals surface area contributed by atoms with Gasteiger partial charge in [0.1, 0.15) is 18.5 Å². The first-order valence-electron chi connectivity index (χ1n) is 11.1. The third kappa shape index (κ3) is 5.99. The second kappa shape index (κ2) is 9.98. The summed E-state index contributed by atoms with van der Waals surface area (Å²) in [6.45, 7) is 4.76. The van der Waals surface area contributed by atoms with Crippen LogP contribution in [0.25, 0.3) is 0 Å². The number of hydrogen-bond donors (Lipinski definition) is 1. The zero-order valence-corrected chi connectivity index (χ0v) is 17.8. The van der Waals surface area contributed by atoms with E-state index in [1.54, 1.807) is 0 Å². The van der Waals surface area contributed by atoms with Gasteiger partial charge in [-0.05, 0) is 56.2 Å². The normalized spacial score (nSPS) is 19.9. The third-order valence-corrected chi connectivity index (χ3v) is 5.83. The second-order valence-corrected chi connectivity index (χ2v) is 8.48. The monoisotopic (exact) mass is 408 g/mol. The summed E-state index contributed by atoms with van der Waals surface area (Å²) in [4.78, 5) is 14.5. The van der Waals surface area contributed by atoms with E-state index >= 15 is 0 Å². The Morgan fingerprint density at radius 3 is 2.77 bits per heavy atom. The van der Waals surface area contributed by atoms with E-state index in [-0.39, 0.29) is 24.7 Å². The van der Waals surface area contributed by atoms with Crippen LogP contribution in [0.5, 0.6) is 5.75 Å². The molecule has 4 rings (SSSR count). The van der Waals surface area contributed by atoms with E-state index < -0.39 is 0 Å². The fourth-order valence-electron chi connectivity index (χ4n) is 3.95. The van der Waals surface area contributed by atoms with Gasteiger partial charge in [-0.25, -0.2) is 0 Å². The van der Waals surface area contributed by atoms with Gasteiger partial charge in [0.05, 0.1) is 6.61 Å². The molecule has 5 nitrogen and oxygen atoms in total. The van der Waals surface area contributed by atoms with Crippen molar-refractivity contribution in [3.8, 4) is 5.75 Å². The average Bonchev–Trinajstić information content (AvgIpc) is 3.59. The van der Waals surface area contributed by atoms with Gasteiger partial charge in [0, 0.05) is 30.9 Å². The molecule has 2 aliphatic rings. The lowest BCUT2D eigenvalue weighted by Gasteiger charge is -2.35. The minimum absolute atomic E-state index is 0.00345. The van der Waals surface area contributed by atoms with Crippen molar-refractivity contribution in [2.75, 3.05) is 31.2 Å². The number of nitrogens with zero attached hydrogens (tertiary/aromatic N) is 1. The minimum atomic E-state index is -0.00881. The van der Waals surface area contributed by atoms with Gasteiger partial charge in [-0.1, -0.05) is 36.4 Å². The maximum atomic E-state index is 12.2. The Morgan fingerprint density at radius 2 is 1.97 bits per heavy atom. The summed E-state index contributed by atoms with van der Waals surface area (Å²) < 4.78 is 11.7. The number of hydrogen-bond acceptors (Lipinski definition) is 4. The van der Waals surface area contributed by atoms with Crippen LogP contribution >= 0.6 is 0 Å².